The summed E-state index contributed by atoms with van der Waals surface area (Å²) in [4.78, 5) is 28.9. The molecule has 0 aliphatic carbocycles. The van der Waals surface area contributed by atoms with Crippen LogP contribution in [-0.2, 0) is 0 Å². The van der Waals surface area contributed by atoms with Crippen LogP contribution in [0.5, 0.6) is 0 Å². The van der Waals surface area contributed by atoms with E-state index in [0.29, 0.717) is 23.8 Å². The molecule has 2 aromatic carbocycles. The third-order valence-electron chi connectivity index (χ3n) is 4.92. The summed E-state index contributed by atoms with van der Waals surface area (Å²) in [7, 11) is 0. The van der Waals surface area contributed by atoms with Crippen molar-refractivity contribution >= 4 is 29.1 Å². The van der Waals surface area contributed by atoms with Crippen LogP contribution in [0.2, 0.25) is 0 Å². The van der Waals surface area contributed by atoms with E-state index < -0.39 is 18.6 Å². The van der Waals surface area contributed by atoms with Crippen molar-refractivity contribution in [2.75, 3.05) is 25.0 Å². The molecule has 1 heterocycles. The molecule has 33 heavy (non-hydrogen) atoms. The van der Waals surface area contributed by atoms with Crippen molar-refractivity contribution in [2.45, 2.75) is 32.4 Å². The molecule has 0 saturated heterocycles. The number of aliphatic imine (C=N–C) groups is 1. The van der Waals surface area contributed by atoms with E-state index in [-0.39, 0.29) is 17.4 Å². The van der Waals surface area contributed by atoms with Crippen molar-refractivity contribution in [3.63, 3.8) is 0 Å². The van der Waals surface area contributed by atoms with Crippen LogP contribution in [0.15, 0.2) is 47.5 Å². The first kappa shape index (κ1) is 24.1. The van der Waals surface area contributed by atoms with Crippen LogP contribution in [0.3, 0.4) is 0 Å². The van der Waals surface area contributed by atoms with E-state index in [1.807, 2.05) is 19.2 Å². The molecule has 2 amide bonds. The summed E-state index contributed by atoms with van der Waals surface area (Å²) < 4.78 is 37.1. The van der Waals surface area contributed by atoms with Crippen LogP contribution in [0.25, 0.3) is 0 Å². The lowest BCUT2D eigenvalue weighted by Gasteiger charge is -2.18. The van der Waals surface area contributed by atoms with Crippen LogP contribution in [0.4, 0.5) is 24.5 Å². The van der Waals surface area contributed by atoms with E-state index in [1.165, 1.54) is 12.1 Å². The summed E-state index contributed by atoms with van der Waals surface area (Å²) in [5, 5.41) is 10.9. The molecule has 0 bridgehead atoms. The van der Waals surface area contributed by atoms with Gasteiger partial charge in [-0.05, 0) is 54.3 Å². The Bertz CT molecular complexity index is 1050. The van der Waals surface area contributed by atoms with Gasteiger partial charge in [-0.15, -0.1) is 0 Å². The minimum Gasteiger partial charge on any atom is -0.356 e. The fourth-order valence-corrected chi connectivity index (χ4v) is 3.27. The maximum Gasteiger partial charge on any atom is 0.405 e. The molecule has 1 aliphatic rings. The SMILES string of the molecule is CC(C)c1cc(C(=O)NC2=NCCCN2)ccc1Nc1cccc(C(=O)NCC(F)(F)F)c1. The van der Waals surface area contributed by atoms with Crippen molar-refractivity contribution in [2.24, 2.45) is 4.99 Å². The molecular weight excluding hydrogens is 435 g/mol. The van der Waals surface area contributed by atoms with Gasteiger partial charge in [-0.1, -0.05) is 19.9 Å². The Morgan fingerprint density at radius 1 is 1.09 bits per heavy atom. The van der Waals surface area contributed by atoms with Crippen molar-refractivity contribution in [3.05, 3.63) is 59.2 Å². The fourth-order valence-electron chi connectivity index (χ4n) is 3.27. The number of halogens is 3. The smallest absolute Gasteiger partial charge is 0.356 e. The zero-order valence-corrected chi connectivity index (χ0v) is 18.3. The van der Waals surface area contributed by atoms with Gasteiger partial charge < -0.3 is 16.0 Å². The first-order valence-corrected chi connectivity index (χ1v) is 10.6. The highest BCUT2D eigenvalue weighted by Gasteiger charge is 2.28. The number of carbonyl (C=O) groups is 2. The van der Waals surface area contributed by atoms with E-state index in [0.717, 1.165) is 24.2 Å². The Balaban J connectivity index is 1.76. The number of hydrogen-bond acceptors (Lipinski definition) is 5. The van der Waals surface area contributed by atoms with E-state index in [1.54, 1.807) is 30.3 Å². The van der Waals surface area contributed by atoms with Gasteiger partial charge in [0, 0.05) is 35.6 Å². The van der Waals surface area contributed by atoms with Gasteiger partial charge in [-0.3, -0.25) is 19.9 Å². The molecule has 1 aliphatic heterocycles. The first-order valence-electron chi connectivity index (χ1n) is 10.6. The summed E-state index contributed by atoms with van der Waals surface area (Å²) in [5.74, 6) is -0.560. The number of alkyl halides is 3. The zero-order chi connectivity index (χ0) is 24.0. The molecule has 0 saturated carbocycles. The van der Waals surface area contributed by atoms with E-state index >= 15 is 0 Å². The fraction of sp³-hybridized carbons (Fsp3) is 0.348. The molecule has 0 unspecified atom stereocenters. The van der Waals surface area contributed by atoms with E-state index in [2.05, 4.69) is 20.9 Å². The third kappa shape index (κ3) is 6.96. The summed E-state index contributed by atoms with van der Waals surface area (Å²) in [5.41, 5.74) is 2.71. The number of amides is 2. The summed E-state index contributed by atoms with van der Waals surface area (Å²) >= 11 is 0. The number of guanidine groups is 1. The summed E-state index contributed by atoms with van der Waals surface area (Å²) in [6.07, 6.45) is -3.56. The van der Waals surface area contributed by atoms with Crippen LogP contribution >= 0.6 is 0 Å². The van der Waals surface area contributed by atoms with Gasteiger partial charge in [0.05, 0.1) is 0 Å². The highest BCUT2D eigenvalue weighted by Crippen LogP contribution is 2.29. The topological polar surface area (TPSA) is 94.6 Å². The number of rotatable bonds is 6. The number of hydrogen-bond donors (Lipinski definition) is 4. The van der Waals surface area contributed by atoms with Crippen LogP contribution in [0, 0.1) is 0 Å². The standard InChI is InChI=1S/C23H26F3N5O2/c1-14(2)18-12-16(21(33)31-22-27-9-4-10-28-22)7-8-19(18)30-17-6-3-5-15(11-17)20(32)29-13-23(24,25)26/h3,5-8,11-12,14,30H,4,9-10,13H2,1-2H3,(H,29,32)(H2,27,28,31,33). The largest absolute Gasteiger partial charge is 0.405 e. The van der Waals surface area contributed by atoms with Gasteiger partial charge in [0.1, 0.15) is 6.54 Å². The van der Waals surface area contributed by atoms with Crippen molar-refractivity contribution in [3.8, 4) is 0 Å². The lowest BCUT2D eigenvalue weighted by Crippen LogP contribution is -2.43. The highest BCUT2D eigenvalue weighted by atomic mass is 19.4. The van der Waals surface area contributed by atoms with Crippen LogP contribution < -0.4 is 21.3 Å². The zero-order valence-electron chi connectivity index (χ0n) is 18.3. The van der Waals surface area contributed by atoms with Gasteiger partial charge >= 0.3 is 6.18 Å². The van der Waals surface area contributed by atoms with Crippen LogP contribution in [0.1, 0.15) is 52.5 Å². The minimum atomic E-state index is -4.48. The average molecular weight is 461 g/mol. The first-order chi connectivity index (χ1) is 15.6. The van der Waals surface area contributed by atoms with Crippen LogP contribution in [-0.4, -0.2) is 43.6 Å². The van der Waals surface area contributed by atoms with Crippen molar-refractivity contribution < 1.29 is 22.8 Å². The molecule has 0 radical (unpaired) electrons. The maximum absolute atomic E-state index is 12.6. The lowest BCUT2D eigenvalue weighted by molar-refractivity contribution is -0.123. The van der Waals surface area contributed by atoms with Gasteiger partial charge in [0.15, 0.2) is 5.96 Å². The average Bonchev–Trinajstić information content (AvgIpc) is 2.78. The molecule has 0 spiro atoms. The molecule has 2 aromatic rings. The van der Waals surface area contributed by atoms with E-state index in [9.17, 15) is 22.8 Å². The predicted octanol–water partition coefficient (Wildman–Crippen LogP) is 3.92. The predicted molar refractivity (Wildman–Crippen MR) is 121 cm³/mol. The molecule has 0 aromatic heterocycles. The quantitative estimate of drug-likeness (QED) is 0.525. The third-order valence-corrected chi connectivity index (χ3v) is 4.92. The van der Waals surface area contributed by atoms with Gasteiger partial charge in [0.2, 0.25) is 0 Å². The Kier molecular flexibility index (Phi) is 7.57. The molecular formula is C23H26F3N5O2. The van der Waals surface area contributed by atoms with Gasteiger partial charge in [-0.2, -0.15) is 13.2 Å². The monoisotopic (exact) mass is 461 g/mol. The number of nitrogens with zero attached hydrogens (tertiary/aromatic N) is 1. The highest BCUT2D eigenvalue weighted by molar-refractivity contribution is 6.06. The number of carbonyl (C=O) groups excluding carboxylic acids is 2. The number of nitrogens with one attached hydrogen (secondary N) is 4. The molecule has 176 valence electrons. The minimum absolute atomic E-state index is 0.0728. The second kappa shape index (κ2) is 10.4. The molecule has 7 nitrogen and oxygen atoms in total. The molecule has 4 N–H and O–H groups in total. The van der Waals surface area contributed by atoms with Crippen molar-refractivity contribution in [1.29, 1.82) is 0 Å². The normalized spacial score (nSPS) is 13.7. The molecule has 10 heteroatoms. The van der Waals surface area contributed by atoms with Gasteiger partial charge in [0.25, 0.3) is 11.8 Å². The molecule has 0 atom stereocenters. The second-order valence-electron chi connectivity index (χ2n) is 7.93. The maximum atomic E-state index is 12.6. The summed E-state index contributed by atoms with van der Waals surface area (Å²) in [6, 6.07) is 11.4. The Morgan fingerprint density at radius 2 is 1.85 bits per heavy atom. The lowest BCUT2D eigenvalue weighted by atomic mass is 9.98. The Hall–Kier alpha value is -3.56. The second-order valence-corrected chi connectivity index (χ2v) is 7.93. The number of benzene rings is 2. The Labute approximate surface area is 189 Å². The van der Waals surface area contributed by atoms with Gasteiger partial charge in [-0.25, -0.2) is 0 Å². The molecule has 3 rings (SSSR count). The van der Waals surface area contributed by atoms with E-state index in [4.69, 9.17) is 0 Å². The summed E-state index contributed by atoms with van der Waals surface area (Å²) in [6.45, 7) is 3.99. The van der Waals surface area contributed by atoms with Crippen molar-refractivity contribution in [1.82, 2.24) is 16.0 Å². The number of anilines is 2. The Morgan fingerprint density at radius 3 is 2.52 bits per heavy atom. The molecule has 0 fully saturated rings.